The van der Waals surface area contributed by atoms with Crippen LogP contribution < -0.4 is 0 Å². The first-order chi connectivity index (χ1) is 18.6. The van der Waals surface area contributed by atoms with Gasteiger partial charge in [-0.2, -0.15) is 16.8 Å². The van der Waals surface area contributed by atoms with Crippen LogP contribution in [0.5, 0.6) is 0 Å². The van der Waals surface area contributed by atoms with Crippen molar-refractivity contribution in [3.63, 3.8) is 0 Å². The Morgan fingerprint density at radius 3 is 1.49 bits per heavy atom. The maximum absolute atomic E-state index is 12.3. The molecule has 3 aromatic carbocycles. The van der Waals surface area contributed by atoms with Crippen LogP contribution >= 0.6 is 0 Å². The van der Waals surface area contributed by atoms with Gasteiger partial charge in [-0.05, 0) is 16.7 Å². The zero-order chi connectivity index (χ0) is 28.1. The lowest BCUT2D eigenvalue weighted by atomic mass is 10.1. The van der Waals surface area contributed by atoms with Crippen molar-refractivity contribution in [2.75, 3.05) is 25.7 Å². The maximum Gasteiger partial charge on any atom is 0.264 e. The summed E-state index contributed by atoms with van der Waals surface area (Å²) in [6, 6.07) is 27.9. The lowest BCUT2D eigenvalue weighted by Gasteiger charge is -2.32. The SMILES string of the molecule is CS(=O)(=O)OC[C@H](OCc1ccccc1)[C@@H](OCc1ccccc1)[C@H](COCc1ccccc1)OS(C)(=O)=O. The molecule has 9 nitrogen and oxygen atoms in total. The fourth-order valence-electron chi connectivity index (χ4n) is 3.70. The molecule has 0 aromatic heterocycles. The van der Waals surface area contributed by atoms with Gasteiger partial charge in [-0.3, -0.25) is 8.37 Å². The highest BCUT2D eigenvalue weighted by Crippen LogP contribution is 2.20. The summed E-state index contributed by atoms with van der Waals surface area (Å²) in [5.41, 5.74) is 2.52. The van der Waals surface area contributed by atoms with Crippen molar-refractivity contribution >= 4 is 20.2 Å². The van der Waals surface area contributed by atoms with Crippen LogP contribution in [0, 0.1) is 0 Å². The lowest BCUT2D eigenvalue weighted by Crippen LogP contribution is -2.48. The third kappa shape index (κ3) is 12.4. The molecule has 0 spiro atoms. The zero-order valence-electron chi connectivity index (χ0n) is 21.9. The Hall–Kier alpha value is -2.64. The molecule has 0 unspecified atom stereocenters. The van der Waals surface area contributed by atoms with Crippen LogP contribution in [0.2, 0.25) is 0 Å². The quantitative estimate of drug-likeness (QED) is 0.221. The van der Waals surface area contributed by atoms with Gasteiger partial charge in [0, 0.05) is 0 Å². The van der Waals surface area contributed by atoms with Crippen LogP contribution in [0.25, 0.3) is 0 Å². The molecule has 0 N–H and O–H groups in total. The Bertz CT molecular complexity index is 1320. The van der Waals surface area contributed by atoms with Gasteiger partial charge < -0.3 is 14.2 Å². The van der Waals surface area contributed by atoms with E-state index >= 15 is 0 Å². The van der Waals surface area contributed by atoms with Crippen LogP contribution in [-0.4, -0.2) is 60.9 Å². The third-order valence-electron chi connectivity index (χ3n) is 5.46. The summed E-state index contributed by atoms with van der Waals surface area (Å²) in [4.78, 5) is 0. The summed E-state index contributed by atoms with van der Waals surface area (Å²) >= 11 is 0. The van der Waals surface area contributed by atoms with E-state index in [1.54, 1.807) is 0 Å². The van der Waals surface area contributed by atoms with Gasteiger partial charge in [0.2, 0.25) is 0 Å². The van der Waals surface area contributed by atoms with Crippen LogP contribution in [0.1, 0.15) is 16.7 Å². The number of hydrogen-bond acceptors (Lipinski definition) is 9. The predicted octanol–water partition coefficient (Wildman–Crippen LogP) is 3.70. The first kappa shape index (κ1) is 30.9. The minimum Gasteiger partial charge on any atom is -0.374 e. The summed E-state index contributed by atoms with van der Waals surface area (Å²) in [5, 5.41) is 0. The predicted molar refractivity (Wildman–Crippen MR) is 147 cm³/mol. The number of rotatable bonds is 17. The van der Waals surface area contributed by atoms with Crippen LogP contribution in [0.3, 0.4) is 0 Å². The van der Waals surface area contributed by atoms with E-state index in [0.717, 1.165) is 29.2 Å². The molecule has 0 radical (unpaired) electrons. The highest BCUT2D eigenvalue weighted by molar-refractivity contribution is 7.86. The molecule has 11 heteroatoms. The highest BCUT2D eigenvalue weighted by Gasteiger charge is 2.36. The largest absolute Gasteiger partial charge is 0.374 e. The van der Waals surface area contributed by atoms with Gasteiger partial charge in [-0.15, -0.1) is 0 Å². The van der Waals surface area contributed by atoms with E-state index in [1.807, 2.05) is 91.0 Å². The summed E-state index contributed by atoms with van der Waals surface area (Å²) in [6.45, 7) is -0.220. The fourth-order valence-corrected chi connectivity index (χ4v) is 4.69. The molecule has 212 valence electrons. The molecule has 0 bridgehead atoms. The van der Waals surface area contributed by atoms with Gasteiger partial charge >= 0.3 is 0 Å². The molecule has 0 aliphatic heterocycles. The first-order valence-electron chi connectivity index (χ1n) is 12.2. The standard InChI is InChI=1S/C28H34O9S2/c1-38(29,30)36-22-26(34-19-24-14-8-4-9-15-24)28(35-20-25-16-10-5-11-17-25)27(37-39(2,31)32)21-33-18-23-12-6-3-7-13-23/h3-17,26-28H,18-22H2,1-2H3/t26-,27-,28+/m0/s1. The molecule has 39 heavy (non-hydrogen) atoms. The Kier molecular flexibility index (Phi) is 12.1. The van der Waals surface area contributed by atoms with Gasteiger partial charge in [0.15, 0.2) is 0 Å². The van der Waals surface area contributed by atoms with Gasteiger partial charge in [0.05, 0.1) is 45.5 Å². The Balaban J connectivity index is 1.89. The van der Waals surface area contributed by atoms with E-state index in [4.69, 9.17) is 22.6 Å². The van der Waals surface area contributed by atoms with Crippen molar-refractivity contribution < 1.29 is 39.4 Å². The van der Waals surface area contributed by atoms with E-state index in [0.29, 0.717) is 0 Å². The molecular weight excluding hydrogens is 544 g/mol. The second-order valence-corrected chi connectivity index (χ2v) is 12.2. The third-order valence-corrected chi connectivity index (χ3v) is 6.62. The average molecular weight is 579 g/mol. The first-order valence-corrected chi connectivity index (χ1v) is 15.9. The van der Waals surface area contributed by atoms with E-state index < -0.39 is 45.2 Å². The minimum atomic E-state index is -3.96. The van der Waals surface area contributed by atoms with Crippen LogP contribution in [0.4, 0.5) is 0 Å². The summed E-state index contributed by atoms with van der Waals surface area (Å²) in [6.07, 6.45) is -1.43. The summed E-state index contributed by atoms with van der Waals surface area (Å²) in [7, 11) is -7.81. The van der Waals surface area contributed by atoms with E-state index in [9.17, 15) is 16.8 Å². The van der Waals surface area contributed by atoms with Gasteiger partial charge in [-0.25, -0.2) is 0 Å². The van der Waals surface area contributed by atoms with Crippen molar-refractivity contribution in [2.45, 2.75) is 38.1 Å². The van der Waals surface area contributed by atoms with Crippen molar-refractivity contribution in [3.8, 4) is 0 Å². The zero-order valence-corrected chi connectivity index (χ0v) is 23.6. The topological polar surface area (TPSA) is 114 Å². The van der Waals surface area contributed by atoms with Crippen molar-refractivity contribution in [1.82, 2.24) is 0 Å². The molecule has 0 saturated heterocycles. The summed E-state index contributed by atoms with van der Waals surface area (Å²) < 4.78 is 76.9. The number of benzene rings is 3. The van der Waals surface area contributed by atoms with Crippen molar-refractivity contribution in [2.24, 2.45) is 0 Å². The normalized spacial score (nSPS) is 14.5. The van der Waals surface area contributed by atoms with Gasteiger partial charge in [0.25, 0.3) is 20.2 Å². The minimum absolute atomic E-state index is 0.0812. The van der Waals surface area contributed by atoms with Crippen molar-refractivity contribution in [1.29, 1.82) is 0 Å². The molecule has 0 aliphatic rings. The van der Waals surface area contributed by atoms with E-state index in [-0.39, 0.29) is 26.4 Å². The monoisotopic (exact) mass is 578 g/mol. The number of ether oxygens (including phenoxy) is 3. The Morgan fingerprint density at radius 2 is 1.03 bits per heavy atom. The van der Waals surface area contributed by atoms with Crippen LogP contribution in [0.15, 0.2) is 91.0 Å². The Morgan fingerprint density at radius 1 is 0.564 bits per heavy atom. The molecule has 0 amide bonds. The van der Waals surface area contributed by atoms with Gasteiger partial charge in [0.1, 0.15) is 18.3 Å². The second-order valence-electron chi connectivity index (χ2n) is 8.92. The lowest BCUT2D eigenvalue weighted by molar-refractivity contribution is -0.147. The molecule has 3 aromatic rings. The average Bonchev–Trinajstić information content (AvgIpc) is 2.90. The second kappa shape index (κ2) is 15.2. The Labute approximate surface area is 230 Å². The molecule has 0 saturated carbocycles. The fraction of sp³-hybridized carbons (Fsp3) is 0.357. The van der Waals surface area contributed by atoms with E-state index in [1.165, 1.54) is 0 Å². The summed E-state index contributed by atoms with van der Waals surface area (Å²) in [5.74, 6) is 0. The molecule has 0 aliphatic carbocycles. The number of hydrogen-bond donors (Lipinski definition) is 0. The van der Waals surface area contributed by atoms with Crippen LogP contribution in [-0.2, 0) is 62.6 Å². The molecule has 0 heterocycles. The van der Waals surface area contributed by atoms with E-state index in [2.05, 4.69) is 0 Å². The van der Waals surface area contributed by atoms with Crippen molar-refractivity contribution in [3.05, 3.63) is 108 Å². The molecule has 3 atom stereocenters. The molecule has 0 fully saturated rings. The van der Waals surface area contributed by atoms with Gasteiger partial charge in [-0.1, -0.05) is 91.0 Å². The molecule has 3 rings (SSSR count). The maximum atomic E-state index is 12.3. The highest BCUT2D eigenvalue weighted by atomic mass is 32.2. The smallest absolute Gasteiger partial charge is 0.264 e. The molecular formula is C28H34O9S2.